The molecule has 7 nitrogen and oxygen atoms in total. The highest BCUT2D eigenvalue weighted by Crippen LogP contribution is 2.38. The molecular weight excluding hydrogens is 380 g/mol. The van der Waals surface area contributed by atoms with Crippen molar-refractivity contribution in [3.63, 3.8) is 0 Å². The molecule has 0 atom stereocenters. The Morgan fingerprint density at radius 1 is 1.30 bits per heavy atom. The summed E-state index contributed by atoms with van der Waals surface area (Å²) in [4.78, 5) is 22.8. The summed E-state index contributed by atoms with van der Waals surface area (Å²) in [6.07, 6.45) is 4.75. The third-order valence-electron chi connectivity index (χ3n) is 4.44. The van der Waals surface area contributed by atoms with Crippen molar-refractivity contribution in [2.75, 3.05) is 32.7 Å². The maximum absolute atomic E-state index is 11.8. The van der Waals surface area contributed by atoms with Gasteiger partial charge in [-0.3, -0.25) is 0 Å². The number of carbonyl (C=O) groups is 1. The van der Waals surface area contributed by atoms with Gasteiger partial charge in [0, 0.05) is 37.3 Å². The van der Waals surface area contributed by atoms with Gasteiger partial charge in [-0.05, 0) is 42.3 Å². The first kappa shape index (κ1) is 20.8. The lowest BCUT2D eigenvalue weighted by molar-refractivity contribution is -0.137. The quantitative estimate of drug-likeness (QED) is 0.457. The summed E-state index contributed by atoms with van der Waals surface area (Å²) < 4.78 is 10.6. The van der Waals surface area contributed by atoms with Crippen LogP contribution in [0.3, 0.4) is 0 Å². The number of anilines is 1. The SMILES string of the molecule is CCOC(=O)/C=C/c1cc(-c2cccc(C#N)c2)c2cnc(N(C)C)nc2c1OC. The summed E-state index contributed by atoms with van der Waals surface area (Å²) in [6, 6.07) is 11.4. The molecule has 0 saturated carbocycles. The molecule has 0 amide bonds. The number of hydrogen-bond acceptors (Lipinski definition) is 7. The second-order valence-electron chi connectivity index (χ2n) is 6.65. The highest BCUT2D eigenvalue weighted by Gasteiger charge is 2.17. The van der Waals surface area contributed by atoms with Crippen molar-refractivity contribution in [2.45, 2.75) is 6.92 Å². The number of esters is 1. The summed E-state index contributed by atoms with van der Waals surface area (Å²) in [5.41, 5.74) is 3.50. The van der Waals surface area contributed by atoms with Crippen molar-refractivity contribution in [2.24, 2.45) is 0 Å². The van der Waals surface area contributed by atoms with Gasteiger partial charge in [0.2, 0.25) is 5.95 Å². The minimum absolute atomic E-state index is 0.295. The molecule has 0 saturated heterocycles. The van der Waals surface area contributed by atoms with E-state index in [0.29, 0.717) is 34.9 Å². The van der Waals surface area contributed by atoms with Crippen molar-refractivity contribution in [3.8, 4) is 22.9 Å². The van der Waals surface area contributed by atoms with Crippen LogP contribution in [0.5, 0.6) is 5.75 Å². The van der Waals surface area contributed by atoms with E-state index in [4.69, 9.17) is 9.47 Å². The molecule has 0 fully saturated rings. The van der Waals surface area contributed by atoms with E-state index in [1.54, 1.807) is 43.3 Å². The largest absolute Gasteiger partial charge is 0.494 e. The van der Waals surface area contributed by atoms with Crippen LogP contribution in [0.4, 0.5) is 5.95 Å². The Hall–Kier alpha value is -3.92. The van der Waals surface area contributed by atoms with E-state index in [9.17, 15) is 10.1 Å². The number of carbonyl (C=O) groups excluding carboxylic acids is 1. The molecule has 0 radical (unpaired) electrons. The number of nitrogens with zero attached hydrogens (tertiary/aromatic N) is 4. The van der Waals surface area contributed by atoms with Gasteiger partial charge in [0.25, 0.3) is 0 Å². The number of aromatic nitrogens is 2. The Labute approximate surface area is 175 Å². The lowest BCUT2D eigenvalue weighted by Crippen LogP contribution is -2.12. The predicted molar refractivity (Wildman–Crippen MR) is 116 cm³/mol. The minimum atomic E-state index is -0.440. The first-order valence-corrected chi connectivity index (χ1v) is 9.39. The maximum Gasteiger partial charge on any atom is 0.330 e. The van der Waals surface area contributed by atoms with E-state index in [-0.39, 0.29) is 0 Å². The van der Waals surface area contributed by atoms with Gasteiger partial charge >= 0.3 is 5.97 Å². The van der Waals surface area contributed by atoms with Crippen LogP contribution in [0.15, 0.2) is 42.6 Å². The highest BCUT2D eigenvalue weighted by molar-refractivity contribution is 6.01. The fourth-order valence-corrected chi connectivity index (χ4v) is 3.08. The topological polar surface area (TPSA) is 88.3 Å². The number of rotatable bonds is 6. The molecule has 2 aromatic carbocycles. The molecule has 0 aliphatic rings. The molecule has 0 spiro atoms. The number of hydrogen-bond donors (Lipinski definition) is 0. The lowest BCUT2D eigenvalue weighted by Gasteiger charge is -2.16. The highest BCUT2D eigenvalue weighted by atomic mass is 16.5. The Morgan fingerprint density at radius 2 is 2.10 bits per heavy atom. The van der Waals surface area contributed by atoms with Crippen molar-refractivity contribution < 1.29 is 14.3 Å². The van der Waals surface area contributed by atoms with Crippen LogP contribution in [-0.4, -0.2) is 43.7 Å². The van der Waals surface area contributed by atoms with E-state index in [1.807, 2.05) is 32.3 Å². The Bertz CT molecular complexity index is 1160. The van der Waals surface area contributed by atoms with Gasteiger partial charge in [0.15, 0.2) is 5.75 Å². The molecule has 3 aromatic rings. The second kappa shape index (κ2) is 9.05. The van der Waals surface area contributed by atoms with Gasteiger partial charge in [-0.1, -0.05) is 12.1 Å². The summed E-state index contributed by atoms with van der Waals surface area (Å²) in [5.74, 6) is 0.615. The first-order valence-electron chi connectivity index (χ1n) is 9.39. The predicted octanol–water partition coefficient (Wildman–Crippen LogP) is 3.82. The Kier molecular flexibility index (Phi) is 6.28. The van der Waals surface area contributed by atoms with Crippen molar-refractivity contribution >= 4 is 28.9 Å². The average molecular weight is 402 g/mol. The molecule has 7 heteroatoms. The normalized spacial score (nSPS) is 10.8. The number of methoxy groups -OCH3 is 1. The second-order valence-corrected chi connectivity index (χ2v) is 6.65. The van der Waals surface area contributed by atoms with Crippen LogP contribution in [0, 0.1) is 11.3 Å². The van der Waals surface area contributed by atoms with E-state index in [0.717, 1.165) is 16.5 Å². The van der Waals surface area contributed by atoms with E-state index < -0.39 is 5.97 Å². The lowest BCUT2D eigenvalue weighted by atomic mass is 9.96. The molecule has 0 aliphatic carbocycles. The summed E-state index contributed by atoms with van der Waals surface area (Å²) >= 11 is 0. The van der Waals surface area contributed by atoms with Crippen LogP contribution >= 0.6 is 0 Å². The van der Waals surface area contributed by atoms with Gasteiger partial charge in [0.1, 0.15) is 5.52 Å². The Morgan fingerprint density at radius 3 is 2.77 bits per heavy atom. The van der Waals surface area contributed by atoms with Crippen molar-refractivity contribution in [3.05, 3.63) is 53.7 Å². The third kappa shape index (κ3) is 4.23. The fraction of sp³-hybridized carbons (Fsp3) is 0.217. The number of benzene rings is 2. The molecule has 0 bridgehead atoms. The summed E-state index contributed by atoms with van der Waals surface area (Å²) in [7, 11) is 5.27. The molecule has 152 valence electrons. The molecule has 3 rings (SSSR count). The summed E-state index contributed by atoms with van der Waals surface area (Å²) in [5, 5.41) is 10.1. The van der Waals surface area contributed by atoms with Crippen LogP contribution in [0.25, 0.3) is 28.1 Å². The van der Waals surface area contributed by atoms with Gasteiger partial charge in [-0.25, -0.2) is 14.8 Å². The molecule has 1 heterocycles. The molecular formula is C23H22N4O3. The maximum atomic E-state index is 11.8. The first-order chi connectivity index (χ1) is 14.5. The molecule has 0 unspecified atom stereocenters. The van der Waals surface area contributed by atoms with Gasteiger partial charge < -0.3 is 14.4 Å². The Balaban J connectivity index is 2.31. The van der Waals surface area contributed by atoms with E-state index in [2.05, 4.69) is 16.0 Å². The van der Waals surface area contributed by atoms with Crippen LogP contribution in [0.2, 0.25) is 0 Å². The minimum Gasteiger partial charge on any atom is -0.494 e. The van der Waals surface area contributed by atoms with E-state index in [1.165, 1.54) is 6.08 Å². The number of ether oxygens (including phenoxy) is 2. The van der Waals surface area contributed by atoms with Crippen LogP contribution in [-0.2, 0) is 9.53 Å². The van der Waals surface area contributed by atoms with Crippen molar-refractivity contribution in [1.82, 2.24) is 9.97 Å². The number of fused-ring (bicyclic) bond motifs is 1. The van der Waals surface area contributed by atoms with Crippen LogP contribution in [0.1, 0.15) is 18.1 Å². The number of nitriles is 1. The van der Waals surface area contributed by atoms with Crippen molar-refractivity contribution in [1.29, 1.82) is 5.26 Å². The third-order valence-corrected chi connectivity index (χ3v) is 4.44. The standard InChI is InChI=1S/C23H22N4O3/c1-5-30-20(28)10-9-17-12-18(16-8-6-7-15(11-16)13-24)19-14-25-23(27(2)3)26-21(19)22(17)29-4/h6-12,14H,5H2,1-4H3/b10-9+. The monoisotopic (exact) mass is 402 g/mol. The zero-order chi connectivity index (χ0) is 21.7. The zero-order valence-corrected chi connectivity index (χ0v) is 17.3. The molecule has 30 heavy (non-hydrogen) atoms. The smallest absolute Gasteiger partial charge is 0.330 e. The van der Waals surface area contributed by atoms with E-state index >= 15 is 0 Å². The fourth-order valence-electron chi connectivity index (χ4n) is 3.08. The summed E-state index contributed by atoms with van der Waals surface area (Å²) in [6.45, 7) is 2.05. The van der Waals surface area contributed by atoms with Gasteiger partial charge in [0.05, 0.1) is 25.3 Å². The zero-order valence-electron chi connectivity index (χ0n) is 17.3. The molecule has 1 aromatic heterocycles. The van der Waals surface area contributed by atoms with Gasteiger partial charge in [-0.15, -0.1) is 0 Å². The average Bonchev–Trinajstić information content (AvgIpc) is 2.76. The molecule has 0 aliphatic heterocycles. The molecule has 0 N–H and O–H groups in total. The van der Waals surface area contributed by atoms with Crippen LogP contribution < -0.4 is 9.64 Å². The van der Waals surface area contributed by atoms with Gasteiger partial charge in [-0.2, -0.15) is 5.26 Å².